The summed E-state index contributed by atoms with van der Waals surface area (Å²) in [5.74, 6) is 0. The highest BCUT2D eigenvalue weighted by atomic mass is 14.0. The first-order chi connectivity index (χ1) is 5.76. The normalized spacial score (nSPS) is 12.6. The van der Waals surface area contributed by atoms with Crippen LogP contribution in [0.1, 0.15) is 52.9 Å². The maximum Gasteiger partial charge on any atom is -0.0142 e. The summed E-state index contributed by atoms with van der Waals surface area (Å²) in [6.45, 7) is 10.5. The third-order valence-corrected chi connectivity index (χ3v) is 2.31. The molecule has 0 aromatic rings. The molecule has 0 aliphatic carbocycles. The molecule has 0 aliphatic heterocycles. The number of rotatable bonds is 6. The Morgan fingerprint density at radius 1 is 1.33 bits per heavy atom. The number of hydrogen-bond donors (Lipinski definition) is 0. The molecule has 12 heavy (non-hydrogen) atoms. The van der Waals surface area contributed by atoms with Gasteiger partial charge < -0.3 is 0 Å². The van der Waals surface area contributed by atoms with Crippen molar-refractivity contribution in [3.8, 4) is 0 Å². The first kappa shape index (κ1) is 11.5. The Morgan fingerprint density at radius 3 is 2.42 bits per heavy atom. The molecule has 0 amide bonds. The maximum atomic E-state index is 3.76. The van der Waals surface area contributed by atoms with Crippen LogP contribution >= 0.6 is 0 Å². The van der Waals surface area contributed by atoms with E-state index in [-0.39, 0.29) is 0 Å². The molecule has 0 saturated heterocycles. The molecule has 0 atom stereocenters. The Bertz CT molecular complexity index is 151. The monoisotopic (exact) mass is 166 g/mol. The lowest BCUT2D eigenvalue weighted by molar-refractivity contribution is 0.755. The Hall–Kier alpha value is -0.520. The second kappa shape index (κ2) is 7.15. The molecule has 0 rings (SSSR count). The van der Waals surface area contributed by atoms with Gasteiger partial charge in [0.2, 0.25) is 0 Å². The molecular weight excluding hydrogens is 144 g/mol. The molecule has 0 heteroatoms. The van der Waals surface area contributed by atoms with Crippen molar-refractivity contribution in [1.29, 1.82) is 0 Å². The summed E-state index contributed by atoms with van der Waals surface area (Å²) in [7, 11) is 0. The lowest BCUT2D eigenvalue weighted by atomic mass is 9.99. The molecule has 0 N–H and O–H groups in total. The van der Waals surface area contributed by atoms with E-state index in [2.05, 4.69) is 27.4 Å². The zero-order valence-electron chi connectivity index (χ0n) is 8.82. The predicted octanol–water partition coefficient (Wildman–Crippen LogP) is 4.48. The summed E-state index contributed by atoms with van der Waals surface area (Å²) < 4.78 is 0. The van der Waals surface area contributed by atoms with E-state index in [1.54, 1.807) is 5.57 Å². The van der Waals surface area contributed by atoms with Gasteiger partial charge in [-0.2, -0.15) is 0 Å². The molecule has 0 spiro atoms. The van der Waals surface area contributed by atoms with Gasteiger partial charge in [-0.05, 0) is 32.6 Å². The van der Waals surface area contributed by atoms with Crippen molar-refractivity contribution in [1.82, 2.24) is 0 Å². The number of unbranched alkanes of at least 4 members (excludes halogenated alkanes) is 1. The molecule has 0 aliphatic rings. The standard InChI is InChI=1S/C12H22/c1-5-8-10-12(7-3)11(4)9-6-2/h6H,2,5,7-10H2,1,3-4H3. The van der Waals surface area contributed by atoms with E-state index in [9.17, 15) is 0 Å². The summed E-state index contributed by atoms with van der Waals surface area (Å²) in [5, 5.41) is 0. The van der Waals surface area contributed by atoms with Crippen LogP contribution in [0.5, 0.6) is 0 Å². The Morgan fingerprint density at radius 2 is 2.00 bits per heavy atom. The van der Waals surface area contributed by atoms with E-state index >= 15 is 0 Å². The summed E-state index contributed by atoms with van der Waals surface area (Å²) >= 11 is 0. The van der Waals surface area contributed by atoms with Crippen LogP contribution in [0.25, 0.3) is 0 Å². The highest BCUT2D eigenvalue weighted by molar-refractivity contribution is 5.14. The van der Waals surface area contributed by atoms with Crippen LogP contribution in [0.2, 0.25) is 0 Å². The van der Waals surface area contributed by atoms with Crippen molar-refractivity contribution >= 4 is 0 Å². The van der Waals surface area contributed by atoms with E-state index in [1.165, 1.54) is 31.3 Å². The van der Waals surface area contributed by atoms with Crippen LogP contribution in [0.15, 0.2) is 23.8 Å². The Kier molecular flexibility index (Phi) is 6.84. The van der Waals surface area contributed by atoms with Crippen LogP contribution in [-0.2, 0) is 0 Å². The second-order valence-electron chi connectivity index (χ2n) is 3.33. The summed E-state index contributed by atoms with van der Waals surface area (Å²) in [6, 6.07) is 0. The van der Waals surface area contributed by atoms with Crippen molar-refractivity contribution in [2.45, 2.75) is 52.9 Å². The molecule has 70 valence electrons. The van der Waals surface area contributed by atoms with Crippen molar-refractivity contribution in [3.05, 3.63) is 23.8 Å². The zero-order valence-corrected chi connectivity index (χ0v) is 8.82. The highest BCUT2D eigenvalue weighted by Gasteiger charge is 1.98. The van der Waals surface area contributed by atoms with E-state index in [0.717, 1.165) is 6.42 Å². The third-order valence-electron chi connectivity index (χ3n) is 2.31. The van der Waals surface area contributed by atoms with Crippen molar-refractivity contribution in [3.63, 3.8) is 0 Å². The topological polar surface area (TPSA) is 0 Å². The van der Waals surface area contributed by atoms with E-state index in [4.69, 9.17) is 0 Å². The van der Waals surface area contributed by atoms with Gasteiger partial charge in [-0.15, -0.1) is 6.58 Å². The molecule has 0 nitrogen and oxygen atoms in total. The maximum absolute atomic E-state index is 3.76. The molecule has 0 fully saturated rings. The smallest absolute Gasteiger partial charge is 0.0142 e. The molecule has 0 heterocycles. The summed E-state index contributed by atoms with van der Waals surface area (Å²) in [6.07, 6.45) is 8.18. The van der Waals surface area contributed by atoms with Gasteiger partial charge in [-0.1, -0.05) is 37.5 Å². The average molecular weight is 166 g/mol. The molecule has 0 aromatic heterocycles. The second-order valence-corrected chi connectivity index (χ2v) is 3.33. The van der Waals surface area contributed by atoms with Gasteiger partial charge in [0.05, 0.1) is 0 Å². The van der Waals surface area contributed by atoms with Crippen LogP contribution in [0.3, 0.4) is 0 Å². The van der Waals surface area contributed by atoms with Crippen LogP contribution in [0, 0.1) is 0 Å². The minimum Gasteiger partial charge on any atom is -0.103 e. The lowest BCUT2D eigenvalue weighted by Crippen LogP contribution is -1.87. The lowest BCUT2D eigenvalue weighted by Gasteiger charge is -2.07. The molecule has 0 aromatic carbocycles. The fraction of sp³-hybridized carbons (Fsp3) is 0.667. The van der Waals surface area contributed by atoms with E-state index < -0.39 is 0 Å². The van der Waals surface area contributed by atoms with Crippen LogP contribution in [0.4, 0.5) is 0 Å². The highest BCUT2D eigenvalue weighted by Crippen LogP contribution is 2.18. The average Bonchev–Trinajstić information content (AvgIpc) is 2.06. The largest absolute Gasteiger partial charge is 0.103 e. The fourth-order valence-electron chi connectivity index (χ4n) is 1.44. The summed E-state index contributed by atoms with van der Waals surface area (Å²) in [5.41, 5.74) is 3.16. The Labute approximate surface area is 77.4 Å². The first-order valence-corrected chi connectivity index (χ1v) is 5.04. The van der Waals surface area contributed by atoms with Gasteiger partial charge in [0.15, 0.2) is 0 Å². The SMILES string of the molecule is C=CCC(C)=C(CC)CCCC. The van der Waals surface area contributed by atoms with Gasteiger partial charge >= 0.3 is 0 Å². The van der Waals surface area contributed by atoms with Gasteiger partial charge in [0.25, 0.3) is 0 Å². The van der Waals surface area contributed by atoms with Gasteiger partial charge in [-0.3, -0.25) is 0 Å². The fourth-order valence-corrected chi connectivity index (χ4v) is 1.44. The molecule has 0 bridgehead atoms. The first-order valence-electron chi connectivity index (χ1n) is 5.04. The van der Waals surface area contributed by atoms with Crippen molar-refractivity contribution in [2.75, 3.05) is 0 Å². The molecule has 0 unspecified atom stereocenters. The molecule has 0 saturated carbocycles. The zero-order chi connectivity index (χ0) is 9.40. The minimum absolute atomic E-state index is 1.06. The van der Waals surface area contributed by atoms with Gasteiger partial charge in [0, 0.05) is 0 Å². The number of allylic oxidation sites excluding steroid dienone is 3. The van der Waals surface area contributed by atoms with Crippen LogP contribution < -0.4 is 0 Å². The quantitative estimate of drug-likeness (QED) is 0.510. The van der Waals surface area contributed by atoms with E-state index in [1.807, 2.05) is 6.08 Å². The molecular formula is C12H22. The van der Waals surface area contributed by atoms with Gasteiger partial charge in [0.1, 0.15) is 0 Å². The minimum atomic E-state index is 1.06. The van der Waals surface area contributed by atoms with E-state index in [0.29, 0.717) is 0 Å². The van der Waals surface area contributed by atoms with Crippen molar-refractivity contribution in [2.24, 2.45) is 0 Å². The third kappa shape index (κ3) is 4.38. The Balaban J connectivity index is 4.07. The summed E-state index contributed by atoms with van der Waals surface area (Å²) in [4.78, 5) is 0. The van der Waals surface area contributed by atoms with Crippen molar-refractivity contribution < 1.29 is 0 Å². The number of hydrogen-bond acceptors (Lipinski definition) is 0. The molecule has 0 radical (unpaired) electrons. The predicted molar refractivity (Wildman–Crippen MR) is 57.3 cm³/mol. The van der Waals surface area contributed by atoms with Gasteiger partial charge in [-0.25, -0.2) is 0 Å². The van der Waals surface area contributed by atoms with Crippen LogP contribution in [-0.4, -0.2) is 0 Å².